The topological polar surface area (TPSA) is 77.7 Å². The first-order valence-corrected chi connectivity index (χ1v) is 8.31. The normalized spacial score (nSPS) is 16.5. The molecule has 3 rings (SSSR count). The molecule has 1 unspecified atom stereocenters. The van der Waals surface area contributed by atoms with Crippen LogP contribution in [0.2, 0.25) is 0 Å². The highest BCUT2D eigenvalue weighted by Gasteiger charge is 2.26. The second kappa shape index (κ2) is 7.14. The third kappa shape index (κ3) is 4.11. The van der Waals surface area contributed by atoms with E-state index >= 15 is 0 Å². The van der Waals surface area contributed by atoms with E-state index in [1.807, 2.05) is 4.90 Å². The zero-order chi connectivity index (χ0) is 17.9. The molecule has 0 aliphatic carbocycles. The van der Waals surface area contributed by atoms with Gasteiger partial charge in [-0.05, 0) is 50.1 Å². The molecule has 2 heterocycles. The molecular formula is C18H22FN3O3. The molecule has 1 fully saturated rings. The van der Waals surface area contributed by atoms with Crippen molar-refractivity contribution in [3.8, 4) is 0 Å². The Bertz CT molecular complexity index is 725. The third-order valence-corrected chi connectivity index (χ3v) is 4.30. The maximum atomic E-state index is 14.2. The van der Waals surface area contributed by atoms with Crippen molar-refractivity contribution >= 4 is 17.4 Å². The Labute approximate surface area is 145 Å². The van der Waals surface area contributed by atoms with E-state index in [0.29, 0.717) is 17.1 Å². The first-order valence-electron chi connectivity index (χ1n) is 8.31. The summed E-state index contributed by atoms with van der Waals surface area (Å²) in [6, 6.07) is 7.41. The van der Waals surface area contributed by atoms with Gasteiger partial charge in [-0.2, -0.15) is 0 Å². The minimum Gasteiger partial charge on any atom is -0.466 e. The molecular weight excluding hydrogens is 325 g/mol. The summed E-state index contributed by atoms with van der Waals surface area (Å²) in [4.78, 5) is 14.0. The van der Waals surface area contributed by atoms with Gasteiger partial charge in [0.2, 0.25) is 0 Å². The van der Waals surface area contributed by atoms with Crippen LogP contribution in [-0.2, 0) is 5.60 Å². The van der Waals surface area contributed by atoms with Crippen molar-refractivity contribution in [2.24, 2.45) is 0 Å². The zero-order valence-electron chi connectivity index (χ0n) is 14.1. The van der Waals surface area contributed by atoms with E-state index in [1.165, 1.54) is 19.3 Å². The van der Waals surface area contributed by atoms with Gasteiger partial charge in [-0.25, -0.2) is 9.18 Å². The molecule has 1 aromatic heterocycles. The molecule has 2 aromatic rings. The number of benzene rings is 1. The Balaban J connectivity index is 1.57. The molecule has 1 saturated heterocycles. The monoisotopic (exact) mass is 347 g/mol. The average molecular weight is 347 g/mol. The average Bonchev–Trinajstić information content (AvgIpc) is 3.27. The summed E-state index contributed by atoms with van der Waals surface area (Å²) in [5.74, 6) is -0.00362. The van der Waals surface area contributed by atoms with Crippen LogP contribution in [0.5, 0.6) is 0 Å². The van der Waals surface area contributed by atoms with Crippen LogP contribution in [-0.4, -0.2) is 30.8 Å². The maximum Gasteiger partial charge on any atom is 0.319 e. The number of aliphatic hydroxyl groups is 1. The summed E-state index contributed by atoms with van der Waals surface area (Å²) in [6.45, 7) is 3.20. The first kappa shape index (κ1) is 17.3. The standard InChI is InChI=1S/C18H22FN3O3/c1-18(24,16-5-4-10-25-16)12-20-17(23)21-13-6-7-15(14(19)11-13)22-8-2-3-9-22/h4-7,10-11,24H,2-3,8-9,12H2,1H3,(H2,20,21,23). The van der Waals surface area contributed by atoms with Crippen molar-refractivity contribution in [2.45, 2.75) is 25.4 Å². The van der Waals surface area contributed by atoms with Crippen LogP contribution >= 0.6 is 0 Å². The second-order valence-corrected chi connectivity index (χ2v) is 6.42. The number of urea groups is 1. The molecule has 134 valence electrons. The Hall–Kier alpha value is -2.54. The number of hydrogen-bond acceptors (Lipinski definition) is 4. The quantitative estimate of drug-likeness (QED) is 0.777. The fourth-order valence-corrected chi connectivity index (χ4v) is 2.90. The number of anilines is 2. The Morgan fingerprint density at radius 3 is 2.76 bits per heavy atom. The van der Waals surface area contributed by atoms with E-state index in [9.17, 15) is 14.3 Å². The molecule has 0 saturated carbocycles. The van der Waals surface area contributed by atoms with Gasteiger partial charge in [0.05, 0.1) is 18.5 Å². The van der Waals surface area contributed by atoms with Gasteiger partial charge in [-0.3, -0.25) is 0 Å². The third-order valence-electron chi connectivity index (χ3n) is 4.30. The lowest BCUT2D eigenvalue weighted by molar-refractivity contribution is 0.0372. The van der Waals surface area contributed by atoms with E-state index in [0.717, 1.165) is 25.9 Å². The SMILES string of the molecule is CC(O)(CNC(=O)Nc1ccc(N2CCCC2)c(F)c1)c1ccco1. The summed E-state index contributed by atoms with van der Waals surface area (Å²) in [7, 11) is 0. The maximum absolute atomic E-state index is 14.2. The number of hydrogen-bond donors (Lipinski definition) is 3. The predicted molar refractivity (Wildman–Crippen MR) is 93.1 cm³/mol. The van der Waals surface area contributed by atoms with Crippen LogP contribution in [0, 0.1) is 5.82 Å². The largest absolute Gasteiger partial charge is 0.466 e. The minimum atomic E-state index is -1.33. The molecule has 0 bridgehead atoms. The molecule has 7 heteroatoms. The van der Waals surface area contributed by atoms with Gasteiger partial charge in [0, 0.05) is 18.8 Å². The summed E-state index contributed by atoms with van der Waals surface area (Å²) >= 11 is 0. The van der Waals surface area contributed by atoms with Gasteiger partial charge in [-0.15, -0.1) is 0 Å². The summed E-state index contributed by atoms with van der Waals surface area (Å²) in [5.41, 5.74) is -0.411. The smallest absolute Gasteiger partial charge is 0.319 e. The van der Waals surface area contributed by atoms with Crippen molar-refractivity contribution in [3.05, 3.63) is 48.2 Å². The summed E-state index contributed by atoms with van der Waals surface area (Å²) in [5, 5.41) is 15.4. The van der Waals surface area contributed by atoms with Crippen LogP contribution in [0.1, 0.15) is 25.5 Å². The second-order valence-electron chi connectivity index (χ2n) is 6.42. The number of carbonyl (C=O) groups excluding carboxylic acids is 1. The fourth-order valence-electron chi connectivity index (χ4n) is 2.90. The molecule has 1 aliphatic heterocycles. The molecule has 1 atom stereocenters. The highest BCUT2D eigenvalue weighted by Crippen LogP contribution is 2.26. The number of rotatable bonds is 5. The molecule has 3 N–H and O–H groups in total. The first-order chi connectivity index (χ1) is 12.0. The van der Waals surface area contributed by atoms with Gasteiger partial charge < -0.3 is 25.1 Å². The van der Waals surface area contributed by atoms with Crippen LogP contribution < -0.4 is 15.5 Å². The zero-order valence-corrected chi connectivity index (χ0v) is 14.1. The molecule has 2 amide bonds. The van der Waals surface area contributed by atoms with E-state index in [2.05, 4.69) is 10.6 Å². The number of nitrogens with zero attached hydrogens (tertiary/aromatic N) is 1. The highest BCUT2D eigenvalue weighted by molar-refractivity contribution is 5.89. The molecule has 6 nitrogen and oxygen atoms in total. The number of amides is 2. The van der Waals surface area contributed by atoms with E-state index < -0.39 is 11.6 Å². The lowest BCUT2D eigenvalue weighted by Gasteiger charge is -2.21. The molecule has 1 aromatic carbocycles. The highest BCUT2D eigenvalue weighted by atomic mass is 19.1. The van der Waals surface area contributed by atoms with Gasteiger partial charge >= 0.3 is 6.03 Å². The Morgan fingerprint density at radius 2 is 2.12 bits per heavy atom. The minimum absolute atomic E-state index is 0.0410. The van der Waals surface area contributed by atoms with Gasteiger partial charge in [0.15, 0.2) is 0 Å². The van der Waals surface area contributed by atoms with Crippen LogP contribution in [0.25, 0.3) is 0 Å². The van der Waals surface area contributed by atoms with Crippen molar-refractivity contribution in [1.29, 1.82) is 0 Å². The van der Waals surface area contributed by atoms with Crippen molar-refractivity contribution in [3.63, 3.8) is 0 Å². The van der Waals surface area contributed by atoms with E-state index in [-0.39, 0.29) is 12.4 Å². The van der Waals surface area contributed by atoms with Crippen LogP contribution in [0.3, 0.4) is 0 Å². The van der Waals surface area contributed by atoms with Gasteiger partial charge in [0.25, 0.3) is 0 Å². The Kier molecular flexibility index (Phi) is 4.94. The molecule has 0 radical (unpaired) electrons. The summed E-state index contributed by atoms with van der Waals surface area (Å²) < 4.78 is 19.4. The van der Waals surface area contributed by atoms with Gasteiger partial charge in [-0.1, -0.05) is 0 Å². The molecule has 25 heavy (non-hydrogen) atoms. The van der Waals surface area contributed by atoms with Crippen molar-refractivity contribution in [1.82, 2.24) is 5.32 Å². The number of nitrogens with one attached hydrogen (secondary N) is 2. The van der Waals surface area contributed by atoms with Crippen LogP contribution in [0.15, 0.2) is 41.0 Å². The van der Waals surface area contributed by atoms with Crippen molar-refractivity contribution in [2.75, 3.05) is 29.9 Å². The number of furan rings is 1. The lowest BCUT2D eigenvalue weighted by atomic mass is 10.0. The number of carbonyl (C=O) groups is 1. The van der Waals surface area contributed by atoms with E-state index in [4.69, 9.17) is 4.42 Å². The van der Waals surface area contributed by atoms with Crippen molar-refractivity contribution < 1.29 is 18.7 Å². The van der Waals surface area contributed by atoms with Gasteiger partial charge in [0.1, 0.15) is 17.2 Å². The van der Waals surface area contributed by atoms with Crippen LogP contribution in [0.4, 0.5) is 20.6 Å². The fraction of sp³-hybridized carbons (Fsp3) is 0.389. The van der Waals surface area contributed by atoms with E-state index in [1.54, 1.807) is 24.3 Å². The summed E-state index contributed by atoms with van der Waals surface area (Å²) in [6.07, 6.45) is 3.59. The molecule has 1 aliphatic rings. The number of halogens is 1. The molecule has 0 spiro atoms. The lowest BCUT2D eigenvalue weighted by Crippen LogP contribution is -2.40. The Morgan fingerprint density at radius 1 is 1.36 bits per heavy atom. The predicted octanol–water partition coefficient (Wildman–Crippen LogP) is 3.05.